The first-order chi connectivity index (χ1) is 12.9. The molecule has 1 aliphatic heterocycles. The van der Waals surface area contributed by atoms with E-state index in [0.717, 1.165) is 4.90 Å². The Morgan fingerprint density at radius 2 is 1.33 bits per heavy atom. The third kappa shape index (κ3) is 2.72. The molecule has 0 aromatic heterocycles. The van der Waals surface area contributed by atoms with Crippen molar-refractivity contribution >= 4 is 17.5 Å². The van der Waals surface area contributed by atoms with E-state index >= 15 is 0 Å². The summed E-state index contributed by atoms with van der Waals surface area (Å²) >= 11 is 0. The summed E-state index contributed by atoms with van der Waals surface area (Å²) in [4.78, 5) is 26.0. The van der Waals surface area contributed by atoms with Gasteiger partial charge in [-0.2, -0.15) is 0 Å². The van der Waals surface area contributed by atoms with Gasteiger partial charge in [0.1, 0.15) is 24.7 Å². The van der Waals surface area contributed by atoms with E-state index in [1.165, 1.54) is 36.4 Å². The summed E-state index contributed by atoms with van der Waals surface area (Å²) in [5.41, 5.74) is 0.568. The van der Waals surface area contributed by atoms with Crippen LogP contribution in [0, 0.1) is 0 Å². The number of nitrogens with zero attached hydrogens (tertiary/aromatic N) is 1. The molecule has 0 spiro atoms. The molecule has 1 heterocycles. The number of amides is 2. The Labute approximate surface area is 152 Å². The number of hydrogen-bond acceptors (Lipinski definition) is 2. The maximum Gasteiger partial charge on any atom is 0.266 e. The molecule has 2 aromatic carbocycles. The van der Waals surface area contributed by atoms with Crippen molar-refractivity contribution < 1.29 is 27.2 Å². The fourth-order valence-corrected chi connectivity index (χ4v) is 3.76. The van der Waals surface area contributed by atoms with Crippen LogP contribution in [0.5, 0.6) is 0 Å². The van der Waals surface area contributed by atoms with Crippen LogP contribution < -0.4 is 4.90 Å². The van der Waals surface area contributed by atoms with Crippen LogP contribution in [0.15, 0.2) is 48.5 Å². The summed E-state index contributed by atoms with van der Waals surface area (Å²) in [6.45, 7) is 0. The maximum absolute atomic E-state index is 14.3. The number of rotatable bonds is 2. The molecule has 2 aliphatic rings. The van der Waals surface area contributed by atoms with Gasteiger partial charge in [0.05, 0.1) is 22.7 Å². The number of alkyl halides is 4. The molecule has 0 N–H and O–H groups in total. The fourth-order valence-electron chi connectivity index (χ4n) is 3.76. The summed E-state index contributed by atoms with van der Waals surface area (Å²) in [6, 6.07) is 11.7. The molecule has 0 saturated heterocycles. The van der Waals surface area contributed by atoms with Crippen LogP contribution in [0.4, 0.5) is 23.2 Å². The number of carbonyl (C=O) groups excluding carboxylic acids is 2. The van der Waals surface area contributed by atoms with Crippen LogP contribution in [0.3, 0.4) is 0 Å². The van der Waals surface area contributed by atoms with E-state index in [0.29, 0.717) is 0 Å². The van der Waals surface area contributed by atoms with Crippen molar-refractivity contribution in [1.29, 1.82) is 0 Å². The first-order valence-electron chi connectivity index (χ1n) is 8.54. The summed E-state index contributed by atoms with van der Waals surface area (Å²) in [5.74, 6) is -2.76. The van der Waals surface area contributed by atoms with Gasteiger partial charge in [-0.25, -0.2) is 22.5 Å². The molecular formula is C20H15F4NO2. The highest BCUT2D eigenvalue weighted by atomic mass is 19.2. The average Bonchev–Trinajstić information content (AvgIpc) is 2.92. The van der Waals surface area contributed by atoms with Gasteiger partial charge in [0.2, 0.25) is 0 Å². The number of benzene rings is 2. The predicted octanol–water partition coefficient (Wildman–Crippen LogP) is 4.33. The zero-order valence-corrected chi connectivity index (χ0v) is 14.0. The molecule has 0 bridgehead atoms. The highest BCUT2D eigenvalue weighted by molar-refractivity contribution is 6.34. The predicted molar refractivity (Wildman–Crippen MR) is 91.0 cm³/mol. The van der Waals surface area contributed by atoms with Gasteiger partial charge in [-0.1, -0.05) is 24.3 Å². The number of fused-ring (bicyclic) bond motifs is 1. The van der Waals surface area contributed by atoms with Crippen molar-refractivity contribution in [3.8, 4) is 0 Å². The summed E-state index contributed by atoms with van der Waals surface area (Å²) < 4.78 is 56.1. The quantitative estimate of drug-likeness (QED) is 0.577. The molecule has 7 heteroatoms. The van der Waals surface area contributed by atoms with Crippen molar-refractivity contribution in [1.82, 2.24) is 0 Å². The SMILES string of the molecule is O=C1c2ccccc2C(=O)N1c1cccc(C2C(F)C(F)CC(F)C2F)c1. The molecular weight excluding hydrogens is 362 g/mol. The Hall–Kier alpha value is -2.70. The maximum atomic E-state index is 14.3. The van der Waals surface area contributed by atoms with Gasteiger partial charge >= 0.3 is 0 Å². The highest BCUT2D eigenvalue weighted by Gasteiger charge is 2.47. The van der Waals surface area contributed by atoms with Crippen molar-refractivity contribution in [2.45, 2.75) is 37.0 Å². The molecule has 1 fully saturated rings. The Kier molecular flexibility index (Phi) is 4.25. The number of imide groups is 1. The van der Waals surface area contributed by atoms with Gasteiger partial charge in [0.15, 0.2) is 0 Å². The molecule has 27 heavy (non-hydrogen) atoms. The second kappa shape index (κ2) is 6.48. The molecule has 4 rings (SSSR count). The molecule has 140 valence electrons. The lowest BCUT2D eigenvalue weighted by Gasteiger charge is -2.34. The van der Waals surface area contributed by atoms with Crippen LogP contribution >= 0.6 is 0 Å². The second-order valence-electron chi connectivity index (χ2n) is 6.77. The van der Waals surface area contributed by atoms with Gasteiger partial charge < -0.3 is 0 Å². The van der Waals surface area contributed by atoms with E-state index in [1.807, 2.05) is 0 Å². The van der Waals surface area contributed by atoms with Crippen LogP contribution in [-0.4, -0.2) is 36.5 Å². The number of anilines is 1. The van der Waals surface area contributed by atoms with E-state index < -0.39 is 48.8 Å². The number of carbonyl (C=O) groups is 2. The normalized spacial score (nSPS) is 30.5. The smallest absolute Gasteiger partial charge is 0.266 e. The molecule has 1 aliphatic carbocycles. The molecule has 0 radical (unpaired) electrons. The third-order valence-electron chi connectivity index (χ3n) is 5.13. The summed E-state index contributed by atoms with van der Waals surface area (Å²) in [7, 11) is 0. The van der Waals surface area contributed by atoms with Crippen molar-refractivity contribution in [2.75, 3.05) is 4.90 Å². The zero-order valence-electron chi connectivity index (χ0n) is 14.0. The van der Waals surface area contributed by atoms with Gasteiger partial charge in [0.25, 0.3) is 11.8 Å². The lowest BCUT2D eigenvalue weighted by atomic mass is 9.79. The Bertz CT molecular complexity index is 869. The summed E-state index contributed by atoms with van der Waals surface area (Å²) in [5, 5.41) is 0. The monoisotopic (exact) mass is 377 g/mol. The second-order valence-corrected chi connectivity index (χ2v) is 6.77. The largest absolute Gasteiger partial charge is 0.268 e. The van der Waals surface area contributed by atoms with Gasteiger partial charge in [-0.15, -0.1) is 0 Å². The molecule has 1 saturated carbocycles. The lowest BCUT2D eigenvalue weighted by molar-refractivity contribution is -0.00569. The topological polar surface area (TPSA) is 37.4 Å². The standard InChI is InChI=1S/C20H15F4NO2/c21-14-9-15(22)18(24)16(17(14)23)10-4-3-5-11(8-10)25-19(26)12-6-1-2-7-13(12)20(25)27/h1-8,14-18H,9H2. The van der Waals surface area contributed by atoms with E-state index in [9.17, 15) is 27.2 Å². The first-order valence-corrected chi connectivity index (χ1v) is 8.54. The lowest BCUT2D eigenvalue weighted by Crippen LogP contribution is -2.44. The first kappa shape index (κ1) is 17.7. The third-order valence-corrected chi connectivity index (χ3v) is 5.13. The minimum atomic E-state index is -2.20. The van der Waals surface area contributed by atoms with Gasteiger partial charge in [-0.3, -0.25) is 9.59 Å². The minimum absolute atomic E-state index is 0.00839. The van der Waals surface area contributed by atoms with Crippen LogP contribution in [0.2, 0.25) is 0 Å². The van der Waals surface area contributed by atoms with Crippen molar-refractivity contribution in [3.63, 3.8) is 0 Å². The van der Waals surface area contributed by atoms with Gasteiger partial charge in [-0.05, 0) is 29.8 Å². The Morgan fingerprint density at radius 3 is 1.89 bits per heavy atom. The van der Waals surface area contributed by atoms with Crippen molar-refractivity contribution in [2.24, 2.45) is 0 Å². The van der Waals surface area contributed by atoms with E-state index in [1.54, 1.807) is 12.1 Å². The number of halogens is 4. The Morgan fingerprint density at radius 1 is 0.778 bits per heavy atom. The molecule has 2 aromatic rings. The minimum Gasteiger partial charge on any atom is -0.268 e. The Balaban J connectivity index is 1.72. The molecule has 4 atom stereocenters. The highest BCUT2D eigenvalue weighted by Crippen LogP contribution is 2.41. The van der Waals surface area contributed by atoms with Crippen LogP contribution in [-0.2, 0) is 0 Å². The van der Waals surface area contributed by atoms with Crippen LogP contribution in [0.1, 0.15) is 38.6 Å². The van der Waals surface area contributed by atoms with Gasteiger partial charge in [0, 0.05) is 6.42 Å². The fraction of sp³-hybridized carbons (Fsp3) is 0.300. The van der Waals surface area contributed by atoms with E-state index in [4.69, 9.17) is 0 Å². The molecule has 3 nitrogen and oxygen atoms in total. The molecule has 2 amide bonds. The van der Waals surface area contributed by atoms with Crippen LogP contribution in [0.25, 0.3) is 0 Å². The molecule has 4 unspecified atom stereocenters. The summed E-state index contributed by atoms with van der Waals surface area (Å²) in [6.07, 6.45) is -9.45. The number of hydrogen-bond donors (Lipinski definition) is 0. The van der Waals surface area contributed by atoms with E-state index in [2.05, 4.69) is 0 Å². The average molecular weight is 377 g/mol. The van der Waals surface area contributed by atoms with Crippen molar-refractivity contribution in [3.05, 3.63) is 65.2 Å². The zero-order chi connectivity index (χ0) is 19.3. The van der Waals surface area contributed by atoms with E-state index in [-0.39, 0.29) is 22.4 Å².